The first-order valence-electron chi connectivity index (χ1n) is 45.0. The first kappa shape index (κ1) is 99.0. The van der Waals surface area contributed by atoms with E-state index in [9.17, 15) is 62.8 Å². The number of carbonyl (C=O) groups is 5. The van der Waals surface area contributed by atoms with Crippen molar-refractivity contribution < 1.29 is 72.2 Å². The van der Waals surface area contributed by atoms with Crippen LogP contribution in [0.25, 0.3) is 83.0 Å². The van der Waals surface area contributed by atoms with Gasteiger partial charge >= 0.3 is 0 Å². The molecule has 7 aromatic heterocycles. The Kier molecular flexibility index (Phi) is 33.3. The first-order chi connectivity index (χ1) is 67.9. The van der Waals surface area contributed by atoms with Gasteiger partial charge in [0.25, 0.3) is 29.5 Å². The minimum Gasteiger partial charge on any atom is -0.379 e. The van der Waals surface area contributed by atoms with Crippen LogP contribution in [-0.4, -0.2) is 236 Å². The fraction of sp³-hybridized carbons (Fsp3) is 0.216. The highest BCUT2D eigenvalue weighted by Crippen LogP contribution is 2.29. The fourth-order valence-electron chi connectivity index (χ4n) is 15.6. The average molecular weight is 1940 g/mol. The van der Waals surface area contributed by atoms with Crippen LogP contribution < -0.4 is 26.6 Å². The molecule has 10 aromatic carbocycles. The van der Waals surface area contributed by atoms with Gasteiger partial charge in [-0.2, -0.15) is 29.8 Å². The molecule has 38 heteroatoms. The van der Waals surface area contributed by atoms with Crippen LogP contribution in [0.2, 0.25) is 0 Å². The van der Waals surface area contributed by atoms with Crippen molar-refractivity contribution in [3.8, 4) is 28.4 Å². The average Bonchev–Trinajstić information content (AvgIpc) is 1.71. The van der Waals surface area contributed by atoms with E-state index in [4.69, 9.17) is 9.47 Å². The number of ether oxygens (including phenoxy) is 2. The number of carbonyl (C=O) groups excluding carboxylic acids is 5. The number of hydrogen-bond acceptors (Lipinski definition) is 19. The predicted molar refractivity (Wildman–Crippen MR) is 523 cm³/mol. The molecule has 5 amide bonds. The van der Waals surface area contributed by atoms with Crippen molar-refractivity contribution in [3.05, 3.63) is 360 Å². The van der Waals surface area contributed by atoms with E-state index in [1.807, 2.05) is 72.8 Å². The van der Waals surface area contributed by atoms with Gasteiger partial charge in [0.1, 0.15) is 29.1 Å². The fourth-order valence-corrected chi connectivity index (χ4v) is 17.8. The Hall–Kier alpha value is -15.5. The number of halogens is 5. The molecule has 0 spiro atoms. The highest BCUT2D eigenvalue weighted by molar-refractivity contribution is 7.89. The second-order valence-corrected chi connectivity index (χ2v) is 36.8. The largest absolute Gasteiger partial charge is 0.379 e. The van der Waals surface area contributed by atoms with Crippen molar-refractivity contribution in [1.82, 2.24) is 99.0 Å². The van der Waals surface area contributed by atoms with Gasteiger partial charge in [-0.25, -0.2) is 66.5 Å². The maximum Gasteiger partial charge on any atom is 0.252 e. The number of benzene rings is 10. The van der Waals surface area contributed by atoms with Crippen LogP contribution in [0.3, 0.4) is 0 Å². The summed E-state index contributed by atoms with van der Waals surface area (Å²) in [5.41, 5.74) is 12.1. The van der Waals surface area contributed by atoms with Crippen molar-refractivity contribution in [3.63, 3.8) is 0 Å². The van der Waals surface area contributed by atoms with E-state index in [2.05, 4.69) is 66.9 Å². The molecule has 0 aliphatic carbocycles. The summed E-state index contributed by atoms with van der Waals surface area (Å²) in [6.07, 6.45) is 17.8. The Morgan fingerprint density at radius 2 is 0.636 bits per heavy atom. The van der Waals surface area contributed by atoms with Crippen LogP contribution in [0.1, 0.15) is 75.8 Å². The zero-order valence-electron chi connectivity index (χ0n) is 76.3. The highest BCUT2D eigenvalue weighted by atomic mass is 32.2. The lowest BCUT2D eigenvalue weighted by atomic mass is 10.1. The third kappa shape index (κ3) is 25.3. The first-order valence-corrected chi connectivity index (χ1v) is 48.2. The van der Waals surface area contributed by atoms with E-state index in [-0.39, 0.29) is 83.2 Å². The number of morpholine rings is 2. The molecule has 0 radical (unpaired) electrons. The second kappa shape index (κ2) is 47.1. The van der Waals surface area contributed by atoms with Crippen LogP contribution in [0.15, 0.2) is 292 Å². The summed E-state index contributed by atoms with van der Waals surface area (Å²) < 4.78 is 136. The third-order valence-electron chi connectivity index (χ3n) is 23.0. The van der Waals surface area contributed by atoms with Gasteiger partial charge in [0.05, 0.1) is 153 Å². The monoisotopic (exact) mass is 1940 g/mol. The van der Waals surface area contributed by atoms with Gasteiger partial charge < -0.3 is 36.1 Å². The Morgan fingerprint density at radius 1 is 0.329 bits per heavy atom. The van der Waals surface area contributed by atoms with Gasteiger partial charge in [0.2, 0.25) is 20.0 Å². The molecule has 17 aromatic rings. The van der Waals surface area contributed by atoms with Crippen molar-refractivity contribution in [2.45, 2.75) is 25.7 Å². The normalized spacial score (nSPS) is 12.9. The van der Waals surface area contributed by atoms with Gasteiger partial charge in [-0.3, -0.25) is 38.8 Å². The van der Waals surface area contributed by atoms with Crippen LogP contribution in [0.5, 0.6) is 0 Å². The van der Waals surface area contributed by atoms with Crippen molar-refractivity contribution in [1.29, 1.82) is 0 Å². The molecule has 720 valence electrons. The molecule has 2 aliphatic rings. The molecule has 0 atom stereocenters. The number of nitrogens with zero attached hydrogens (tertiary/aromatic N) is 15. The zero-order valence-corrected chi connectivity index (χ0v) is 77.9. The minimum atomic E-state index is -3.45. The number of nitrogens with one attached hydrogen (secondary N) is 5. The standard InChI is InChI=1S/C21H23FN4O2.2C21H17FN4O.C20H21FN4O4S.C19H21FN4O3S/c22-16-5-7-17(8-6-16)26-20-4-1-3-18(19(20)15-24-26)21(27)23-9-2-10-25-11-13-28-14-12-25;22-16-6-8-17(9-7-16)26-20-5-1-4-18(19(20)14-25-26)21(27)24-12-10-15-3-2-11-23-13-15;22-16-4-6-17(7-5-16)26-20-3-1-2-18(19(20)14-25-26)21(27)24-13-10-15-8-11-23-12-9-15;21-15-4-6-16(7-5-15)25-19-3-1-2-17(18(19)14-23-25)20(26)22-8-13-30(27,28)24-9-11-29-12-10-24;1-23(2)28(26,27)12-4-11-21-19(25)16-5-3-6-18-17(16)13-22-24(18)15-9-7-14(20)8-10-15/h1,3-8,15H,2,9-14H2,(H,23,27);1-9,11,13-14H,10,12H2,(H,24,27);1-9,11-12,14H,10,13H2,(H,24,27);1-7,14H,8-13H2,(H,22,26);3,5-10,13H,4,11-12H2,1-2H3,(H,21,25). The number of aromatic nitrogens is 12. The summed E-state index contributed by atoms with van der Waals surface area (Å²) in [5, 5.41) is 39.7. The second-order valence-electron chi connectivity index (χ2n) is 32.4. The lowest BCUT2D eigenvalue weighted by Crippen LogP contribution is -2.43. The topological polar surface area (TPSA) is 357 Å². The minimum absolute atomic E-state index is 0.00100. The van der Waals surface area contributed by atoms with E-state index in [0.29, 0.717) is 114 Å². The molecule has 9 heterocycles. The molecule has 31 nitrogen and oxygen atoms in total. The van der Waals surface area contributed by atoms with Crippen molar-refractivity contribution in [2.75, 3.05) is 117 Å². The number of rotatable bonds is 29. The maximum absolute atomic E-state index is 13.2. The van der Waals surface area contributed by atoms with E-state index >= 15 is 0 Å². The molecule has 0 unspecified atom stereocenters. The summed E-state index contributed by atoms with van der Waals surface area (Å²) in [6.45, 7) is 7.78. The molecular formula is C102H99F5N20O11S2. The molecule has 140 heavy (non-hydrogen) atoms. The van der Waals surface area contributed by atoms with Gasteiger partial charge in [-0.1, -0.05) is 36.4 Å². The number of fused-ring (bicyclic) bond motifs is 5. The zero-order chi connectivity index (χ0) is 98.1. The van der Waals surface area contributed by atoms with Crippen LogP contribution in [0, 0.1) is 29.1 Å². The summed E-state index contributed by atoms with van der Waals surface area (Å²) in [6, 6.07) is 64.8. The van der Waals surface area contributed by atoms with E-state index in [1.165, 1.54) is 83.4 Å². The SMILES string of the molecule is CN(C)S(=O)(=O)CCCNC(=O)c1cccc2c1cnn2-c1ccc(F)cc1.O=C(NCCCN1CCOCC1)c1cccc2c1cnn2-c1ccc(F)cc1.O=C(NCCS(=O)(=O)N1CCOCC1)c1cccc2c1cnn2-c1ccc(F)cc1.O=C(NCCc1cccnc1)c1cccc2c1cnn2-c1ccc(F)cc1.O=C(NCCc1ccncc1)c1cccc2c1cnn2-c1ccc(F)cc1. The predicted octanol–water partition coefficient (Wildman–Crippen LogP) is 13.4. The summed E-state index contributed by atoms with van der Waals surface area (Å²) in [4.78, 5) is 73.6. The van der Waals surface area contributed by atoms with E-state index in [0.717, 1.165) is 112 Å². The van der Waals surface area contributed by atoms with Crippen molar-refractivity contribution in [2.24, 2.45) is 0 Å². The molecule has 0 bridgehead atoms. The quantitative estimate of drug-likeness (QED) is 0.0215. The van der Waals surface area contributed by atoms with Gasteiger partial charge in [-0.15, -0.1) is 0 Å². The smallest absolute Gasteiger partial charge is 0.252 e. The van der Waals surface area contributed by atoms with Gasteiger partial charge in [-0.05, 0) is 244 Å². The number of sulfonamides is 2. The van der Waals surface area contributed by atoms with Crippen LogP contribution >= 0.6 is 0 Å². The molecule has 2 aliphatic heterocycles. The maximum atomic E-state index is 13.2. The Bertz CT molecular complexity index is 7200. The van der Waals surface area contributed by atoms with Crippen LogP contribution in [-0.2, 0) is 42.4 Å². The molecule has 19 rings (SSSR count). The summed E-state index contributed by atoms with van der Waals surface area (Å²) in [5.74, 6) is -2.87. The highest BCUT2D eigenvalue weighted by Gasteiger charge is 2.27. The van der Waals surface area contributed by atoms with Gasteiger partial charge in [0.15, 0.2) is 0 Å². The molecule has 5 N–H and O–H groups in total. The molecule has 0 saturated carbocycles. The lowest BCUT2D eigenvalue weighted by molar-refractivity contribution is 0.0374. The molecular weight excluding hydrogens is 1840 g/mol. The molecule has 2 saturated heterocycles. The summed E-state index contributed by atoms with van der Waals surface area (Å²) in [7, 11) is -3.77. The lowest BCUT2D eigenvalue weighted by Gasteiger charge is -2.26. The Labute approximate surface area is 802 Å². The van der Waals surface area contributed by atoms with E-state index < -0.39 is 20.0 Å². The molecule has 2 fully saturated rings. The number of amides is 5. The Morgan fingerprint density at radius 3 is 0.957 bits per heavy atom. The number of hydrogen-bond donors (Lipinski definition) is 5. The van der Waals surface area contributed by atoms with Gasteiger partial charge in [0, 0.05) is 125 Å². The van der Waals surface area contributed by atoms with E-state index in [1.54, 1.807) is 182 Å². The Balaban J connectivity index is 0.000000132. The third-order valence-corrected chi connectivity index (χ3v) is 26.8. The van der Waals surface area contributed by atoms with Crippen LogP contribution in [0.4, 0.5) is 22.0 Å². The number of pyridine rings is 2. The van der Waals surface area contributed by atoms with Crippen molar-refractivity contribution >= 4 is 104 Å². The summed E-state index contributed by atoms with van der Waals surface area (Å²) >= 11 is 0.